The molecule has 3 N–H and O–H groups in total. The molecule has 0 spiro atoms. The summed E-state index contributed by atoms with van der Waals surface area (Å²) in [5.41, 5.74) is 9.80. The summed E-state index contributed by atoms with van der Waals surface area (Å²) in [5, 5.41) is 1.95. The van der Waals surface area contributed by atoms with Crippen molar-refractivity contribution in [2.24, 2.45) is 0 Å². The molecule has 0 aliphatic carbocycles. The molecule has 1 aromatic carbocycles. The first-order valence-electron chi connectivity index (χ1n) is 6.25. The molecule has 0 aliphatic heterocycles. The van der Waals surface area contributed by atoms with E-state index >= 15 is 0 Å². The molecule has 0 aliphatic rings. The van der Waals surface area contributed by atoms with Gasteiger partial charge in [-0.05, 0) is 29.8 Å². The van der Waals surface area contributed by atoms with Crippen LogP contribution in [-0.4, -0.2) is 19.9 Å². The van der Waals surface area contributed by atoms with E-state index in [1.807, 2.05) is 36.5 Å². The maximum absolute atomic E-state index is 5.92. The van der Waals surface area contributed by atoms with Gasteiger partial charge in [0.2, 0.25) is 0 Å². The summed E-state index contributed by atoms with van der Waals surface area (Å²) in [7, 11) is 0. The number of nitrogens with one attached hydrogen (secondary N) is 1. The Kier molecular flexibility index (Phi) is 2.20. The van der Waals surface area contributed by atoms with E-state index in [1.165, 1.54) is 6.33 Å². The molecule has 3 aromatic heterocycles. The normalized spacial score (nSPS) is 11.2. The first kappa shape index (κ1) is 10.9. The van der Waals surface area contributed by atoms with Crippen LogP contribution in [0.4, 0.5) is 5.82 Å². The van der Waals surface area contributed by atoms with Crippen LogP contribution in [0, 0.1) is 0 Å². The summed E-state index contributed by atoms with van der Waals surface area (Å²) in [6, 6.07) is 9.98. The second-order valence-corrected chi connectivity index (χ2v) is 4.59. The second-order valence-electron chi connectivity index (χ2n) is 4.59. The highest BCUT2D eigenvalue weighted by Gasteiger charge is 2.08. The van der Waals surface area contributed by atoms with E-state index in [-0.39, 0.29) is 0 Å². The number of nitrogen functional groups attached to an aromatic ring is 1. The third-order valence-electron chi connectivity index (χ3n) is 3.43. The molecule has 0 fully saturated rings. The lowest BCUT2D eigenvalue weighted by molar-refractivity contribution is 1.23. The number of pyridine rings is 1. The van der Waals surface area contributed by atoms with Gasteiger partial charge in [-0.1, -0.05) is 6.07 Å². The Morgan fingerprint density at radius 3 is 2.90 bits per heavy atom. The number of hydrogen-bond acceptors (Lipinski definition) is 4. The summed E-state index contributed by atoms with van der Waals surface area (Å²) in [4.78, 5) is 15.7. The standard InChI is InChI=1S/C15H11N5/c16-14-11-6-9(3-4-13(11)19-8-20-14)12-7-18-15-10(12)2-1-5-17-15/h1-8H,(H,17,18)(H2,16,19,20). The van der Waals surface area contributed by atoms with Gasteiger partial charge in [0.25, 0.3) is 0 Å². The highest BCUT2D eigenvalue weighted by atomic mass is 14.9. The number of anilines is 1. The van der Waals surface area contributed by atoms with E-state index < -0.39 is 0 Å². The highest BCUT2D eigenvalue weighted by molar-refractivity contribution is 5.98. The minimum Gasteiger partial charge on any atom is -0.383 e. The predicted octanol–water partition coefficient (Wildman–Crippen LogP) is 2.76. The van der Waals surface area contributed by atoms with E-state index in [0.29, 0.717) is 5.82 Å². The molecular formula is C15H11N5. The molecule has 5 heteroatoms. The number of fused-ring (bicyclic) bond motifs is 2. The average Bonchev–Trinajstić information content (AvgIpc) is 2.91. The molecule has 0 saturated carbocycles. The van der Waals surface area contributed by atoms with Crippen LogP contribution in [0.25, 0.3) is 33.1 Å². The van der Waals surface area contributed by atoms with Crippen LogP contribution in [0.15, 0.2) is 49.1 Å². The van der Waals surface area contributed by atoms with Crippen molar-refractivity contribution in [2.75, 3.05) is 5.73 Å². The summed E-state index contributed by atoms with van der Waals surface area (Å²) in [6.45, 7) is 0. The topological polar surface area (TPSA) is 80.5 Å². The van der Waals surface area contributed by atoms with Crippen molar-refractivity contribution in [3.05, 3.63) is 49.1 Å². The summed E-state index contributed by atoms with van der Waals surface area (Å²) >= 11 is 0. The van der Waals surface area contributed by atoms with Crippen LogP contribution in [0.3, 0.4) is 0 Å². The Hall–Kier alpha value is -2.95. The van der Waals surface area contributed by atoms with E-state index in [0.717, 1.165) is 33.1 Å². The Bertz CT molecular complexity index is 926. The van der Waals surface area contributed by atoms with Crippen molar-refractivity contribution in [2.45, 2.75) is 0 Å². The molecule has 0 bridgehead atoms. The van der Waals surface area contributed by atoms with Gasteiger partial charge in [0.05, 0.1) is 5.52 Å². The molecular weight excluding hydrogens is 250 g/mol. The minimum absolute atomic E-state index is 0.495. The number of hydrogen-bond donors (Lipinski definition) is 2. The average molecular weight is 261 g/mol. The molecule has 0 amide bonds. The molecule has 4 aromatic rings. The fourth-order valence-electron chi connectivity index (χ4n) is 2.44. The molecule has 3 heterocycles. The predicted molar refractivity (Wildman–Crippen MR) is 79.0 cm³/mol. The van der Waals surface area contributed by atoms with Crippen molar-refractivity contribution in [1.29, 1.82) is 0 Å². The third kappa shape index (κ3) is 1.53. The molecule has 20 heavy (non-hydrogen) atoms. The van der Waals surface area contributed by atoms with Gasteiger partial charge < -0.3 is 10.7 Å². The molecule has 0 atom stereocenters. The number of nitrogens with zero attached hydrogens (tertiary/aromatic N) is 3. The van der Waals surface area contributed by atoms with Crippen molar-refractivity contribution in [3.8, 4) is 11.1 Å². The Morgan fingerprint density at radius 2 is 1.95 bits per heavy atom. The van der Waals surface area contributed by atoms with Gasteiger partial charge in [0.1, 0.15) is 17.8 Å². The number of rotatable bonds is 1. The molecule has 0 unspecified atom stereocenters. The lowest BCUT2D eigenvalue weighted by Gasteiger charge is -2.04. The Balaban J connectivity index is 2.00. The maximum Gasteiger partial charge on any atom is 0.137 e. The van der Waals surface area contributed by atoms with Crippen LogP contribution in [-0.2, 0) is 0 Å². The molecule has 5 nitrogen and oxygen atoms in total. The Labute approximate surface area is 114 Å². The number of H-pyrrole nitrogens is 1. The van der Waals surface area contributed by atoms with Gasteiger partial charge in [0, 0.05) is 28.7 Å². The monoisotopic (exact) mass is 261 g/mol. The molecule has 4 rings (SSSR count). The first-order valence-corrected chi connectivity index (χ1v) is 6.25. The van der Waals surface area contributed by atoms with Gasteiger partial charge >= 0.3 is 0 Å². The van der Waals surface area contributed by atoms with Gasteiger partial charge in [-0.25, -0.2) is 15.0 Å². The van der Waals surface area contributed by atoms with Crippen molar-refractivity contribution in [1.82, 2.24) is 19.9 Å². The zero-order valence-corrected chi connectivity index (χ0v) is 10.5. The summed E-state index contributed by atoms with van der Waals surface area (Å²) < 4.78 is 0. The Morgan fingerprint density at radius 1 is 1.00 bits per heavy atom. The van der Waals surface area contributed by atoms with Gasteiger partial charge in [-0.3, -0.25) is 0 Å². The van der Waals surface area contributed by atoms with Crippen LogP contribution in [0.5, 0.6) is 0 Å². The third-order valence-corrected chi connectivity index (χ3v) is 3.43. The number of aromatic amines is 1. The fraction of sp³-hybridized carbons (Fsp3) is 0. The number of aromatic nitrogens is 4. The van der Waals surface area contributed by atoms with E-state index in [9.17, 15) is 0 Å². The second kappa shape index (κ2) is 4.03. The minimum atomic E-state index is 0.495. The highest BCUT2D eigenvalue weighted by Crippen LogP contribution is 2.30. The van der Waals surface area contributed by atoms with E-state index in [4.69, 9.17) is 5.73 Å². The van der Waals surface area contributed by atoms with Crippen LogP contribution in [0.1, 0.15) is 0 Å². The van der Waals surface area contributed by atoms with Gasteiger partial charge in [0.15, 0.2) is 0 Å². The van der Waals surface area contributed by atoms with Crippen LogP contribution in [0.2, 0.25) is 0 Å². The molecule has 0 saturated heterocycles. The molecule has 0 radical (unpaired) electrons. The zero-order chi connectivity index (χ0) is 13.5. The zero-order valence-electron chi connectivity index (χ0n) is 10.5. The summed E-state index contributed by atoms with van der Waals surface area (Å²) in [5.74, 6) is 0.495. The quantitative estimate of drug-likeness (QED) is 0.552. The lowest BCUT2D eigenvalue weighted by Crippen LogP contribution is -1.93. The van der Waals surface area contributed by atoms with Crippen molar-refractivity contribution in [3.63, 3.8) is 0 Å². The fourth-order valence-corrected chi connectivity index (χ4v) is 2.44. The first-order chi connectivity index (χ1) is 9.83. The number of benzene rings is 1. The smallest absolute Gasteiger partial charge is 0.137 e. The SMILES string of the molecule is Nc1ncnc2ccc(-c3c[nH]c4ncccc34)cc12. The van der Waals surface area contributed by atoms with Crippen LogP contribution < -0.4 is 5.73 Å². The molecule has 96 valence electrons. The van der Waals surface area contributed by atoms with E-state index in [2.05, 4.69) is 19.9 Å². The lowest BCUT2D eigenvalue weighted by atomic mass is 10.0. The van der Waals surface area contributed by atoms with Crippen molar-refractivity contribution >= 4 is 27.8 Å². The van der Waals surface area contributed by atoms with E-state index in [1.54, 1.807) is 6.20 Å². The maximum atomic E-state index is 5.92. The number of nitrogens with two attached hydrogens (primary N) is 1. The summed E-state index contributed by atoms with van der Waals surface area (Å²) in [6.07, 6.45) is 5.21. The largest absolute Gasteiger partial charge is 0.383 e. The van der Waals surface area contributed by atoms with Gasteiger partial charge in [-0.15, -0.1) is 0 Å². The van der Waals surface area contributed by atoms with Crippen molar-refractivity contribution < 1.29 is 0 Å². The van der Waals surface area contributed by atoms with Gasteiger partial charge in [-0.2, -0.15) is 0 Å². The van der Waals surface area contributed by atoms with Crippen LogP contribution >= 0.6 is 0 Å².